The van der Waals surface area contributed by atoms with Gasteiger partial charge in [0, 0.05) is 25.7 Å². The summed E-state index contributed by atoms with van der Waals surface area (Å²) in [5.41, 5.74) is 0. The lowest BCUT2D eigenvalue weighted by atomic mass is 9.91. The van der Waals surface area contributed by atoms with E-state index in [0.29, 0.717) is 24.8 Å². The van der Waals surface area contributed by atoms with Crippen LogP contribution >= 0.6 is 12.4 Å². The minimum absolute atomic E-state index is 0. The van der Waals surface area contributed by atoms with Gasteiger partial charge >= 0.3 is 0 Å². The Hall–Kier alpha value is 0.160. The van der Waals surface area contributed by atoms with Crippen molar-refractivity contribution < 1.29 is 8.42 Å². The molecule has 0 bridgehead atoms. The zero-order valence-electron chi connectivity index (χ0n) is 11.1. The van der Waals surface area contributed by atoms with E-state index in [2.05, 4.69) is 5.32 Å². The number of piperazine rings is 1. The number of nitrogens with zero attached hydrogens (tertiary/aromatic N) is 1. The summed E-state index contributed by atoms with van der Waals surface area (Å²) in [7, 11) is -3.02. The van der Waals surface area contributed by atoms with Crippen molar-refractivity contribution in [2.24, 2.45) is 5.92 Å². The first kappa shape index (κ1) is 16.2. The van der Waals surface area contributed by atoms with E-state index < -0.39 is 10.0 Å². The van der Waals surface area contributed by atoms with Crippen LogP contribution in [0.1, 0.15) is 39.0 Å². The molecule has 4 nitrogen and oxygen atoms in total. The summed E-state index contributed by atoms with van der Waals surface area (Å²) in [6.07, 6.45) is 5.89. The molecular weight excluding hydrogens is 272 g/mol. The average molecular weight is 297 g/mol. The molecule has 0 spiro atoms. The minimum atomic E-state index is -3.02. The van der Waals surface area contributed by atoms with Gasteiger partial charge in [-0.1, -0.05) is 19.3 Å². The van der Waals surface area contributed by atoms with Crippen LogP contribution in [-0.2, 0) is 10.0 Å². The van der Waals surface area contributed by atoms with Gasteiger partial charge in [-0.05, 0) is 25.7 Å². The maximum Gasteiger partial charge on any atom is 0.214 e. The number of hydrogen-bond acceptors (Lipinski definition) is 3. The zero-order valence-corrected chi connectivity index (χ0v) is 12.7. The molecule has 0 unspecified atom stereocenters. The second-order valence-electron chi connectivity index (χ2n) is 5.50. The van der Waals surface area contributed by atoms with E-state index >= 15 is 0 Å². The third-order valence-electron chi connectivity index (χ3n) is 3.90. The first-order chi connectivity index (χ1) is 8.08. The summed E-state index contributed by atoms with van der Waals surface area (Å²) >= 11 is 0. The molecule has 108 valence electrons. The Bertz CT molecular complexity index is 342. The van der Waals surface area contributed by atoms with Gasteiger partial charge in [-0.25, -0.2) is 8.42 Å². The molecule has 1 aliphatic heterocycles. The smallest absolute Gasteiger partial charge is 0.214 e. The van der Waals surface area contributed by atoms with Crippen molar-refractivity contribution in [2.75, 3.05) is 25.4 Å². The van der Waals surface area contributed by atoms with Crippen LogP contribution in [0.25, 0.3) is 0 Å². The van der Waals surface area contributed by atoms with Crippen LogP contribution in [0.3, 0.4) is 0 Å². The monoisotopic (exact) mass is 296 g/mol. The maximum atomic E-state index is 12.3. The molecule has 1 saturated heterocycles. The third-order valence-corrected chi connectivity index (χ3v) is 5.91. The lowest BCUT2D eigenvalue weighted by Gasteiger charge is -2.32. The van der Waals surface area contributed by atoms with Crippen LogP contribution in [-0.4, -0.2) is 44.2 Å². The SMILES string of the molecule is C[C@H]1CN(S(=O)(=O)CC2CCCCC2)CCN1.Cl. The van der Waals surface area contributed by atoms with Crippen LogP contribution in [0.2, 0.25) is 0 Å². The highest BCUT2D eigenvalue weighted by molar-refractivity contribution is 7.89. The van der Waals surface area contributed by atoms with Gasteiger partial charge in [0.15, 0.2) is 0 Å². The summed E-state index contributed by atoms with van der Waals surface area (Å²) in [6, 6.07) is 0.282. The standard InChI is InChI=1S/C12H24N2O2S.ClH/c1-11-9-14(8-7-13-11)17(15,16)10-12-5-3-2-4-6-12;/h11-13H,2-10H2,1H3;1H/t11-;/m0./s1. The Kier molecular flexibility index (Phi) is 6.38. The molecule has 0 radical (unpaired) electrons. The van der Waals surface area contributed by atoms with E-state index in [9.17, 15) is 8.42 Å². The average Bonchev–Trinajstić information content (AvgIpc) is 2.30. The van der Waals surface area contributed by atoms with Crippen LogP contribution < -0.4 is 5.32 Å². The van der Waals surface area contributed by atoms with Gasteiger partial charge in [0.2, 0.25) is 10.0 Å². The Morgan fingerprint density at radius 1 is 1.22 bits per heavy atom. The zero-order chi connectivity index (χ0) is 12.3. The lowest BCUT2D eigenvalue weighted by molar-refractivity contribution is 0.303. The molecule has 6 heteroatoms. The highest BCUT2D eigenvalue weighted by atomic mass is 35.5. The van der Waals surface area contributed by atoms with Gasteiger partial charge < -0.3 is 5.32 Å². The molecule has 0 aromatic heterocycles. The van der Waals surface area contributed by atoms with E-state index in [0.717, 1.165) is 19.4 Å². The van der Waals surface area contributed by atoms with Crippen molar-refractivity contribution in [1.82, 2.24) is 9.62 Å². The van der Waals surface area contributed by atoms with E-state index in [1.165, 1.54) is 19.3 Å². The molecule has 0 aromatic rings. The van der Waals surface area contributed by atoms with Crippen molar-refractivity contribution >= 4 is 22.4 Å². The van der Waals surface area contributed by atoms with E-state index in [-0.39, 0.29) is 18.4 Å². The molecule has 2 aliphatic rings. The van der Waals surface area contributed by atoms with Crippen molar-refractivity contribution in [3.63, 3.8) is 0 Å². The Morgan fingerprint density at radius 3 is 2.50 bits per heavy atom. The second-order valence-corrected chi connectivity index (χ2v) is 7.51. The topological polar surface area (TPSA) is 49.4 Å². The molecule has 1 N–H and O–H groups in total. The van der Waals surface area contributed by atoms with Crippen molar-refractivity contribution in [3.8, 4) is 0 Å². The van der Waals surface area contributed by atoms with Gasteiger partial charge in [-0.15, -0.1) is 12.4 Å². The molecular formula is C12H25ClN2O2S. The molecule has 18 heavy (non-hydrogen) atoms. The van der Waals surface area contributed by atoms with Crippen molar-refractivity contribution in [2.45, 2.75) is 45.1 Å². The fourth-order valence-electron chi connectivity index (χ4n) is 2.91. The largest absolute Gasteiger partial charge is 0.312 e. The van der Waals surface area contributed by atoms with Gasteiger partial charge in [0.1, 0.15) is 0 Å². The number of hydrogen-bond donors (Lipinski definition) is 1. The van der Waals surface area contributed by atoms with Gasteiger partial charge in [-0.2, -0.15) is 4.31 Å². The molecule has 2 rings (SSSR count). The Labute approximate surface area is 117 Å². The number of nitrogens with one attached hydrogen (secondary N) is 1. The van der Waals surface area contributed by atoms with E-state index in [1.807, 2.05) is 6.92 Å². The first-order valence-corrected chi connectivity index (χ1v) is 8.40. The fourth-order valence-corrected chi connectivity index (χ4v) is 4.87. The number of sulfonamides is 1. The van der Waals surface area contributed by atoms with Crippen LogP contribution in [0.5, 0.6) is 0 Å². The van der Waals surface area contributed by atoms with Crippen molar-refractivity contribution in [3.05, 3.63) is 0 Å². The van der Waals surface area contributed by atoms with Crippen LogP contribution in [0.4, 0.5) is 0 Å². The lowest BCUT2D eigenvalue weighted by Crippen LogP contribution is -2.52. The van der Waals surface area contributed by atoms with E-state index in [4.69, 9.17) is 0 Å². The number of rotatable bonds is 3. The van der Waals surface area contributed by atoms with Gasteiger partial charge in [0.25, 0.3) is 0 Å². The van der Waals surface area contributed by atoms with E-state index in [1.54, 1.807) is 4.31 Å². The molecule has 1 heterocycles. The normalized spacial score (nSPS) is 27.7. The van der Waals surface area contributed by atoms with Gasteiger partial charge in [-0.3, -0.25) is 0 Å². The van der Waals surface area contributed by atoms with Crippen LogP contribution in [0, 0.1) is 5.92 Å². The minimum Gasteiger partial charge on any atom is -0.312 e. The first-order valence-electron chi connectivity index (χ1n) is 6.79. The van der Waals surface area contributed by atoms with Crippen LogP contribution in [0.15, 0.2) is 0 Å². The third kappa shape index (κ3) is 4.37. The molecule has 2 fully saturated rings. The highest BCUT2D eigenvalue weighted by Crippen LogP contribution is 2.26. The Balaban J connectivity index is 0.00000162. The molecule has 1 saturated carbocycles. The Morgan fingerprint density at radius 2 is 1.89 bits per heavy atom. The molecule has 1 atom stereocenters. The van der Waals surface area contributed by atoms with Gasteiger partial charge in [0.05, 0.1) is 5.75 Å². The highest BCUT2D eigenvalue weighted by Gasteiger charge is 2.29. The summed E-state index contributed by atoms with van der Waals surface area (Å²) in [5, 5.41) is 3.28. The fraction of sp³-hybridized carbons (Fsp3) is 1.00. The predicted octanol–water partition coefficient (Wildman–Crippen LogP) is 1.61. The predicted molar refractivity (Wildman–Crippen MR) is 76.6 cm³/mol. The van der Waals surface area contributed by atoms with Crippen molar-refractivity contribution in [1.29, 1.82) is 0 Å². The quantitative estimate of drug-likeness (QED) is 0.861. The summed E-state index contributed by atoms with van der Waals surface area (Å²) in [5.74, 6) is 0.777. The second kappa shape index (κ2) is 7.08. The summed E-state index contributed by atoms with van der Waals surface area (Å²) < 4.78 is 26.3. The molecule has 0 aromatic carbocycles. The number of halogens is 1. The summed E-state index contributed by atoms with van der Waals surface area (Å²) in [6.45, 7) is 4.10. The summed E-state index contributed by atoms with van der Waals surface area (Å²) in [4.78, 5) is 0. The molecule has 0 amide bonds. The molecule has 1 aliphatic carbocycles. The maximum absolute atomic E-state index is 12.3.